The molecule has 5 heteroatoms. The van der Waals surface area contributed by atoms with Gasteiger partial charge in [-0.25, -0.2) is 4.39 Å². The number of hydrogen-bond donors (Lipinski definition) is 1. The van der Waals surface area contributed by atoms with Crippen LogP contribution in [0.3, 0.4) is 0 Å². The lowest BCUT2D eigenvalue weighted by atomic mass is 9.95. The average molecular weight is 294 g/mol. The van der Waals surface area contributed by atoms with Gasteiger partial charge in [-0.05, 0) is 17.9 Å². The van der Waals surface area contributed by atoms with E-state index in [1.165, 1.54) is 6.07 Å². The lowest BCUT2D eigenvalue weighted by Gasteiger charge is -2.18. The molecule has 1 aromatic rings. The summed E-state index contributed by atoms with van der Waals surface area (Å²) in [6.07, 6.45) is 0.560. The first kappa shape index (κ1) is 14.9. The highest BCUT2D eigenvalue weighted by Crippen LogP contribution is 2.26. The fourth-order valence-corrected chi connectivity index (χ4v) is 2.56. The first-order chi connectivity index (χ1) is 9.38. The fourth-order valence-electron chi connectivity index (χ4n) is 2.44. The van der Waals surface area contributed by atoms with Crippen molar-refractivity contribution in [2.75, 3.05) is 6.54 Å². The molecule has 1 saturated heterocycles. The molecular weight excluding hydrogens is 275 g/mol. The van der Waals surface area contributed by atoms with E-state index in [1.807, 2.05) is 0 Å². The van der Waals surface area contributed by atoms with Crippen LogP contribution in [0, 0.1) is 17.7 Å². The van der Waals surface area contributed by atoms with Gasteiger partial charge in [0.05, 0.1) is 0 Å². The highest BCUT2D eigenvalue weighted by molar-refractivity contribution is 7.80. The third-order valence-corrected chi connectivity index (χ3v) is 4.12. The number of likely N-dealkylation sites (tertiary alicyclic amines) is 1. The van der Waals surface area contributed by atoms with Gasteiger partial charge in [0, 0.05) is 30.6 Å². The summed E-state index contributed by atoms with van der Waals surface area (Å²) < 4.78 is 14.0. The Hall–Kier alpha value is -1.49. The monoisotopic (exact) mass is 294 g/mol. The molecule has 1 atom stereocenters. The van der Waals surface area contributed by atoms with Gasteiger partial charge in [-0.15, -0.1) is 0 Å². The standard InChI is InChI=1S/C15H19FN2OS/c1-9(2)12-6-14(19)18(8-12)7-11-4-3-10(15(17)20)5-13(11)16/h3-5,9,12H,6-8H2,1-2H3,(H2,17,20). The minimum Gasteiger partial charge on any atom is -0.389 e. The second-order valence-electron chi connectivity index (χ2n) is 5.65. The maximum atomic E-state index is 14.0. The smallest absolute Gasteiger partial charge is 0.223 e. The summed E-state index contributed by atoms with van der Waals surface area (Å²) in [7, 11) is 0. The van der Waals surface area contributed by atoms with E-state index >= 15 is 0 Å². The van der Waals surface area contributed by atoms with Crippen LogP contribution in [-0.4, -0.2) is 22.3 Å². The van der Waals surface area contributed by atoms with Gasteiger partial charge in [-0.1, -0.05) is 38.2 Å². The Morgan fingerprint density at radius 1 is 1.55 bits per heavy atom. The van der Waals surface area contributed by atoms with E-state index in [0.29, 0.717) is 42.5 Å². The quantitative estimate of drug-likeness (QED) is 0.868. The number of nitrogens with two attached hydrogens (primary N) is 1. The van der Waals surface area contributed by atoms with Crippen LogP contribution in [0.25, 0.3) is 0 Å². The van der Waals surface area contributed by atoms with Crippen molar-refractivity contribution in [1.82, 2.24) is 4.90 Å². The van der Waals surface area contributed by atoms with E-state index in [2.05, 4.69) is 13.8 Å². The lowest BCUT2D eigenvalue weighted by molar-refractivity contribution is -0.128. The average Bonchev–Trinajstić information content (AvgIpc) is 2.73. The number of hydrogen-bond acceptors (Lipinski definition) is 2. The molecule has 2 rings (SSSR count). The molecule has 1 heterocycles. The Morgan fingerprint density at radius 3 is 2.75 bits per heavy atom. The molecule has 1 aliphatic heterocycles. The lowest BCUT2D eigenvalue weighted by Crippen LogP contribution is -2.25. The number of rotatable bonds is 4. The van der Waals surface area contributed by atoms with Crippen molar-refractivity contribution in [2.45, 2.75) is 26.8 Å². The Kier molecular flexibility index (Phi) is 4.38. The molecule has 0 bridgehead atoms. The third-order valence-electron chi connectivity index (χ3n) is 3.89. The number of carbonyl (C=O) groups is 1. The Labute approximate surface area is 123 Å². The van der Waals surface area contributed by atoms with Crippen LogP contribution < -0.4 is 5.73 Å². The second-order valence-corrected chi connectivity index (χ2v) is 6.09. The molecule has 3 nitrogen and oxygen atoms in total. The van der Waals surface area contributed by atoms with Crippen LogP contribution in [0.15, 0.2) is 18.2 Å². The number of thiocarbonyl (C=S) groups is 1. The molecule has 0 radical (unpaired) electrons. The van der Waals surface area contributed by atoms with Crippen molar-refractivity contribution in [3.05, 3.63) is 35.1 Å². The van der Waals surface area contributed by atoms with Gasteiger partial charge in [0.15, 0.2) is 0 Å². The zero-order chi connectivity index (χ0) is 14.9. The molecule has 0 aliphatic carbocycles. The van der Waals surface area contributed by atoms with Crippen LogP contribution in [0.1, 0.15) is 31.4 Å². The summed E-state index contributed by atoms with van der Waals surface area (Å²) in [5, 5.41) is 0. The van der Waals surface area contributed by atoms with Gasteiger partial charge in [-0.2, -0.15) is 0 Å². The maximum absolute atomic E-state index is 14.0. The molecule has 1 aliphatic rings. The summed E-state index contributed by atoms with van der Waals surface area (Å²) in [4.78, 5) is 13.8. The zero-order valence-corrected chi connectivity index (χ0v) is 12.5. The van der Waals surface area contributed by atoms with Crippen molar-refractivity contribution in [1.29, 1.82) is 0 Å². The molecule has 0 spiro atoms. The minimum absolute atomic E-state index is 0.0986. The van der Waals surface area contributed by atoms with Crippen LogP contribution in [0.4, 0.5) is 4.39 Å². The molecule has 1 aromatic carbocycles. The summed E-state index contributed by atoms with van der Waals surface area (Å²) in [5.41, 5.74) is 6.48. The molecule has 2 N–H and O–H groups in total. The van der Waals surface area contributed by atoms with Crippen molar-refractivity contribution >= 4 is 23.1 Å². The Bertz CT molecular complexity index is 545. The molecular formula is C15H19FN2OS. The van der Waals surface area contributed by atoms with E-state index in [1.54, 1.807) is 17.0 Å². The topological polar surface area (TPSA) is 46.3 Å². The molecule has 1 fully saturated rings. The largest absolute Gasteiger partial charge is 0.389 e. The normalized spacial score (nSPS) is 18.9. The van der Waals surface area contributed by atoms with Crippen LogP contribution in [0.2, 0.25) is 0 Å². The number of amides is 1. The first-order valence-corrected chi connectivity index (χ1v) is 7.15. The van der Waals surface area contributed by atoms with Gasteiger partial charge < -0.3 is 10.6 Å². The van der Waals surface area contributed by atoms with E-state index in [-0.39, 0.29) is 16.7 Å². The van der Waals surface area contributed by atoms with E-state index in [9.17, 15) is 9.18 Å². The van der Waals surface area contributed by atoms with Crippen LogP contribution >= 0.6 is 12.2 Å². The summed E-state index contributed by atoms with van der Waals surface area (Å²) in [6, 6.07) is 4.68. The van der Waals surface area contributed by atoms with Crippen LogP contribution in [0.5, 0.6) is 0 Å². The van der Waals surface area contributed by atoms with E-state index < -0.39 is 0 Å². The molecule has 1 unspecified atom stereocenters. The van der Waals surface area contributed by atoms with E-state index in [0.717, 1.165) is 0 Å². The molecule has 108 valence electrons. The van der Waals surface area contributed by atoms with Crippen molar-refractivity contribution < 1.29 is 9.18 Å². The maximum Gasteiger partial charge on any atom is 0.223 e. The fraction of sp³-hybridized carbons (Fsp3) is 0.467. The highest BCUT2D eigenvalue weighted by Gasteiger charge is 2.31. The number of nitrogens with zero attached hydrogens (tertiary/aromatic N) is 1. The van der Waals surface area contributed by atoms with Gasteiger partial charge in [-0.3, -0.25) is 4.79 Å². The third kappa shape index (κ3) is 3.15. The zero-order valence-electron chi connectivity index (χ0n) is 11.7. The first-order valence-electron chi connectivity index (χ1n) is 6.74. The van der Waals surface area contributed by atoms with Gasteiger partial charge in [0.2, 0.25) is 5.91 Å². The van der Waals surface area contributed by atoms with Crippen molar-refractivity contribution in [2.24, 2.45) is 17.6 Å². The number of halogens is 1. The van der Waals surface area contributed by atoms with Crippen molar-refractivity contribution in [3.8, 4) is 0 Å². The summed E-state index contributed by atoms with van der Waals surface area (Å²) in [5.74, 6) is 0.560. The molecule has 0 aromatic heterocycles. The Balaban J connectivity index is 2.11. The van der Waals surface area contributed by atoms with Crippen LogP contribution in [-0.2, 0) is 11.3 Å². The number of benzene rings is 1. The predicted molar refractivity (Wildman–Crippen MR) is 80.6 cm³/mol. The van der Waals surface area contributed by atoms with Gasteiger partial charge in [0.25, 0.3) is 0 Å². The Morgan fingerprint density at radius 2 is 2.25 bits per heavy atom. The number of carbonyl (C=O) groups excluding carboxylic acids is 1. The summed E-state index contributed by atoms with van der Waals surface area (Å²) >= 11 is 4.82. The second kappa shape index (κ2) is 5.87. The molecule has 0 saturated carbocycles. The highest BCUT2D eigenvalue weighted by atomic mass is 32.1. The predicted octanol–water partition coefficient (Wildman–Crippen LogP) is 2.46. The molecule has 20 heavy (non-hydrogen) atoms. The van der Waals surface area contributed by atoms with Crippen molar-refractivity contribution in [3.63, 3.8) is 0 Å². The summed E-state index contributed by atoms with van der Waals surface area (Å²) in [6.45, 7) is 5.23. The SMILES string of the molecule is CC(C)C1CC(=O)N(Cc2ccc(C(N)=S)cc2F)C1. The van der Waals surface area contributed by atoms with E-state index in [4.69, 9.17) is 18.0 Å². The molecule has 1 amide bonds. The van der Waals surface area contributed by atoms with Gasteiger partial charge >= 0.3 is 0 Å². The van der Waals surface area contributed by atoms with Gasteiger partial charge in [0.1, 0.15) is 10.8 Å². The minimum atomic E-state index is -0.365.